The maximum atomic E-state index is 6.85. The van der Waals surface area contributed by atoms with Gasteiger partial charge >= 0.3 is 0 Å². The van der Waals surface area contributed by atoms with Crippen LogP contribution in [-0.2, 0) is 5.41 Å². The van der Waals surface area contributed by atoms with Crippen molar-refractivity contribution in [2.24, 2.45) is 0 Å². The Kier molecular flexibility index (Phi) is 6.40. The molecule has 0 radical (unpaired) electrons. The number of furan rings is 1. The van der Waals surface area contributed by atoms with Crippen LogP contribution < -0.4 is 0 Å². The molecule has 0 aliphatic heterocycles. The molecule has 11 aromatic rings. The summed E-state index contributed by atoms with van der Waals surface area (Å²) < 4.78 is 6.85. The Morgan fingerprint density at radius 1 is 0.429 bits per heavy atom. The molecular formula is C53H34N2O. The lowest BCUT2D eigenvalue weighted by molar-refractivity contribution is 0.660. The van der Waals surface area contributed by atoms with E-state index < -0.39 is 0 Å². The molecule has 3 nitrogen and oxygen atoms in total. The van der Waals surface area contributed by atoms with Gasteiger partial charge in [-0.25, -0.2) is 4.98 Å². The standard InChI is InChI=1S/C53H34N2O/c1-53(2)46-21-10-9-18-39(46)40-23-22-33(28-47(40)53)36-26-43(52-45(27-36)44-25-31-12-3-4-13-32(31)29-49(44)56-52)34-14-11-15-35(24-34)48-30-54-50-41-19-7-5-16-37(41)38-17-6-8-20-42(38)51(50)55-48/h3-30H,1-2H3. The van der Waals surface area contributed by atoms with Gasteiger partial charge in [0.15, 0.2) is 0 Å². The zero-order chi connectivity index (χ0) is 37.1. The summed E-state index contributed by atoms with van der Waals surface area (Å²) in [5.41, 5.74) is 15.2. The van der Waals surface area contributed by atoms with Gasteiger partial charge in [-0.2, -0.15) is 0 Å². The van der Waals surface area contributed by atoms with Crippen LogP contribution in [0.2, 0.25) is 0 Å². The fraction of sp³-hybridized carbons (Fsp3) is 0.0566. The molecule has 9 aromatic carbocycles. The number of fused-ring (bicyclic) bond motifs is 13. The summed E-state index contributed by atoms with van der Waals surface area (Å²) in [6, 6.07) is 59.2. The molecule has 3 heteroatoms. The summed E-state index contributed by atoms with van der Waals surface area (Å²) in [5, 5.41) is 9.19. The van der Waals surface area contributed by atoms with E-state index in [1.54, 1.807) is 0 Å². The monoisotopic (exact) mass is 714 g/mol. The second kappa shape index (κ2) is 11.5. The number of benzene rings is 9. The van der Waals surface area contributed by atoms with Gasteiger partial charge in [-0.05, 0) is 96.9 Å². The van der Waals surface area contributed by atoms with Crippen LogP contribution in [-0.4, -0.2) is 9.97 Å². The van der Waals surface area contributed by atoms with Gasteiger partial charge in [-0.15, -0.1) is 0 Å². The largest absolute Gasteiger partial charge is 0.455 e. The minimum Gasteiger partial charge on any atom is -0.455 e. The highest BCUT2D eigenvalue weighted by molar-refractivity contribution is 6.23. The SMILES string of the molecule is CC1(C)c2ccccc2-c2ccc(-c3cc(-c4cccc(-c5cnc6c7ccccc7c7ccccc7c6n5)c4)c4oc5cc6ccccc6cc5c4c3)cc21. The second-order valence-electron chi connectivity index (χ2n) is 15.8. The molecule has 0 N–H and O–H groups in total. The number of nitrogens with zero attached hydrogens (tertiary/aromatic N) is 2. The fourth-order valence-corrected chi connectivity index (χ4v) is 9.44. The summed E-state index contributed by atoms with van der Waals surface area (Å²) in [4.78, 5) is 10.4. The summed E-state index contributed by atoms with van der Waals surface area (Å²) in [7, 11) is 0. The highest BCUT2D eigenvalue weighted by Gasteiger charge is 2.35. The van der Waals surface area contributed by atoms with Gasteiger partial charge in [-0.1, -0.05) is 141 Å². The van der Waals surface area contributed by atoms with Crippen molar-refractivity contribution in [2.45, 2.75) is 19.3 Å². The fourth-order valence-electron chi connectivity index (χ4n) is 9.44. The third kappa shape index (κ3) is 4.46. The molecule has 0 atom stereocenters. The molecule has 1 aliphatic carbocycles. The lowest BCUT2D eigenvalue weighted by Crippen LogP contribution is -2.14. The molecular weight excluding hydrogens is 681 g/mol. The van der Waals surface area contributed by atoms with E-state index in [0.29, 0.717) is 0 Å². The minimum absolute atomic E-state index is 0.0943. The minimum atomic E-state index is -0.0943. The normalized spacial score (nSPS) is 13.3. The Labute approximate surface area is 323 Å². The zero-order valence-corrected chi connectivity index (χ0v) is 31.0. The second-order valence-corrected chi connectivity index (χ2v) is 15.8. The molecule has 0 spiro atoms. The Morgan fingerprint density at radius 2 is 1.11 bits per heavy atom. The van der Waals surface area contributed by atoms with E-state index in [4.69, 9.17) is 14.4 Å². The Bertz CT molecular complexity index is 3430. The summed E-state index contributed by atoms with van der Waals surface area (Å²) in [6.07, 6.45) is 1.92. The van der Waals surface area contributed by atoms with E-state index >= 15 is 0 Å². The quantitative estimate of drug-likeness (QED) is 0.171. The molecule has 0 bridgehead atoms. The average molecular weight is 715 g/mol. The topological polar surface area (TPSA) is 38.9 Å². The molecule has 1 aliphatic rings. The van der Waals surface area contributed by atoms with Gasteiger partial charge in [0.25, 0.3) is 0 Å². The summed E-state index contributed by atoms with van der Waals surface area (Å²) >= 11 is 0. The third-order valence-corrected chi connectivity index (χ3v) is 12.3. The van der Waals surface area contributed by atoms with Crippen LogP contribution in [0.1, 0.15) is 25.0 Å². The summed E-state index contributed by atoms with van der Waals surface area (Å²) in [6.45, 7) is 4.69. The van der Waals surface area contributed by atoms with Crippen molar-refractivity contribution >= 4 is 65.3 Å². The predicted octanol–water partition coefficient (Wildman–Crippen LogP) is 14.3. The van der Waals surface area contributed by atoms with Crippen molar-refractivity contribution in [1.82, 2.24) is 9.97 Å². The Hall–Kier alpha value is -7.10. The van der Waals surface area contributed by atoms with Gasteiger partial charge < -0.3 is 4.42 Å². The first-order chi connectivity index (χ1) is 27.5. The molecule has 0 amide bonds. The van der Waals surface area contributed by atoms with Crippen molar-refractivity contribution in [2.75, 3.05) is 0 Å². The molecule has 2 heterocycles. The van der Waals surface area contributed by atoms with Gasteiger partial charge in [0.2, 0.25) is 0 Å². The van der Waals surface area contributed by atoms with E-state index in [2.05, 4.69) is 178 Å². The van der Waals surface area contributed by atoms with Gasteiger partial charge in [0.1, 0.15) is 11.2 Å². The smallest absolute Gasteiger partial charge is 0.143 e. The van der Waals surface area contributed by atoms with Crippen LogP contribution in [0.4, 0.5) is 0 Å². The van der Waals surface area contributed by atoms with Crippen molar-refractivity contribution < 1.29 is 4.42 Å². The molecule has 0 unspecified atom stereocenters. The first kappa shape index (κ1) is 31.3. The van der Waals surface area contributed by atoms with E-state index in [1.807, 2.05) is 6.20 Å². The molecule has 0 saturated heterocycles. The van der Waals surface area contributed by atoms with Gasteiger partial charge in [-0.3, -0.25) is 4.98 Å². The van der Waals surface area contributed by atoms with Crippen LogP contribution in [0.25, 0.3) is 110 Å². The van der Waals surface area contributed by atoms with Gasteiger partial charge in [0, 0.05) is 38.1 Å². The van der Waals surface area contributed by atoms with Gasteiger partial charge in [0.05, 0.1) is 22.9 Å². The molecule has 0 fully saturated rings. The number of aromatic nitrogens is 2. The molecule has 262 valence electrons. The third-order valence-electron chi connectivity index (χ3n) is 12.3. The maximum absolute atomic E-state index is 6.85. The zero-order valence-electron chi connectivity index (χ0n) is 31.0. The maximum Gasteiger partial charge on any atom is 0.143 e. The van der Waals surface area contributed by atoms with E-state index in [9.17, 15) is 0 Å². The lowest BCUT2D eigenvalue weighted by atomic mass is 9.81. The van der Waals surface area contributed by atoms with Crippen molar-refractivity contribution in [3.8, 4) is 44.6 Å². The first-order valence-corrected chi connectivity index (χ1v) is 19.3. The van der Waals surface area contributed by atoms with E-state index in [-0.39, 0.29) is 5.41 Å². The highest BCUT2D eigenvalue weighted by atomic mass is 16.3. The number of rotatable bonds is 3. The van der Waals surface area contributed by atoms with Crippen LogP contribution in [0.15, 0.2) is 174 Å². The molecule has 12 rings (SSSR count). The first-order valence-electron chi connectivity index (χ1n) is 19.3. The number of hydrogen-bond acceptors (Lipinski definition) is 3. The van der Waals surface area contributed by atoms with Crippen LogP contribution in [0.3, 0.4) is 0 Å². The van der Waals surface area contributed by atoms with Crippen molar-refractivity contribution in [1.29, 1.82) is 0 Å². The lowest BCUT2D eigenvalue weighted by Gasteiger charge is -2.22. The van der Waals surface area contributed by atoms with Crippen LogP contribution in [0.5, 0.6) is 0 Å². The Morgan fingerprint density at radius 3 is 1.93 bits per heavy atom. The molecule has 56 heavy (non-hydrogen) atoms. The van der Waals surface area contributed by atoms with Crippen LogP contribution in [0, 0.1) is 0 Å². The Balaban J connectivity index is 1.07. The summed E-state index contributed by atoms with van der Waals surface area (Å²) in [5.74, 6) is 0. The average Bonchev–Trinajstić information content (AvgIpc) is 3.72. The van der Waals surface area contributed by atoms with E-state index in [0.717, 1.165) is 71.7 Å². The van der Waals surface area contributed by atoms with E-state index in [1.165, 1.54) is 49.4 Å². The van der Waals surface area contributed by atoms with Crippen molar-refractivity contribution in [3.05, 3.63) is 181 Å². The molecule has 2 aromatic heterocycles. The van der Waals surface area contributed by atoms with Crippen LogP contribution >= 0.6 is 0 Å². The molecule has 0 saturated carbocycles. The predicted molar refractivity (Wildman–Crippen MR) is 233 cm³/mol. The van der Waals surface area contributed by atoms with Crippen molar-refractivity contribution in [3.63, 3.8) is 0 Å². The highest BCUT2D eigenvalue weighted by Crippen LogP contribution is 2.50. The number of hydrogen-bond donors (Lipinski definition) is 0.